The molecule has 0 amide bonds. The van der Waals surface area contributed by atoms with Gasteiger partial charge in [-0.2, -0.15) is 0 Å². The van der Waals surface area contributed by atoms with E-state index in [0.29, 0.717) is 17.7 Å². The third kappa shape index (κ3) is 2.67. The highest BCUT2D eigenvalue weighted by Crippen LogP contribution is 2.42. The van der Waals surface area contributed by atoms with Crippen molar-refractivity contribution < 1.29 is 4.74 Å². The fourth-order valence-corrected chi connectivity index (χ4v) is 3.25. The van der Waals surface area contributed by atoms with Gasteiger partial charge < -0.3 is 15.4 Å². The van der Waals surface area contributed by atoms with Gasteiger partial charge in [-0.3, -0.25) is 0 Å². The van der Waals surface area contributed by atoms with Gasteiger partial charge in [0.2, 0.25) is 0 Å². The van der Waals surface area contributed by atoms with E-state index in [1.807, 2.05) is 7.11 Å². The van der Waals surface area contributed by atoms with Crippen molar-refractivity contribution >= 4 is 0 Å². The minimum Gasteiger partial charge on any atom is -0.381 e. The van der Waals surface area contributed by atoms with Crippen LogP contribution in [0.1, 0.15) is 46.5 Å². The summed E-state index contributed by atoms with van der Waals surface area (Å²) in [5.41, 5.74) is 0.576. The quantitative estimate of drug-likeness (QED) is 0.787. The van der Waals surface area contributed by atoms with Crippen molar-refractivity contribution in [3.63, 3.8) is 0 Å². The van der Waals surface area contributed by atoms with Crippen LogP contribution in [0.3, 0.4) is 0 Å². The van der Waals surface area contributed by atoms with Crippen LogP contribution in [0.5, 0.6) is 0 Å². The molecule has 0 aromatic carbocycles. The van der Waals surface area contributed by atoms with E-state index in [-0.39, 0.29) is 5.41 Å². The maximum Gasteiger partial charge on any atom is 0.0652 e. The van der Waals surface area contributed by atoms with Crippen LogP contribution in [-0.4, -0.2) is 37.9 Å². The second-order valence-corrected chi connectivity index (χ2v) is 6.66. The summed E-state index contributed by atoms with van der Waals surface area (Å²) in [6, 6.07) is 0.605. The van der Waals surface area contributed by atoms with Gasteiger partial charge in [0, 0.05) is 30.7 Å². The van der Waals surface area contributed by atoms with Gasteiger partial charge in [0.1, 0.15) is 0 Å². The van der Waals surface area contributed by atoms with Crippen molar-refractivity contribution in [1.29, 1.82) is 0 Å². The molecular formula is C14H28N2O. The second kappa shape index (κ2) is 4.87. The van der Waals surface area contributed by atoms with Crippen molar-refractivity contribution in [1.82, 2.24) is 10.6 Å². The number of nitrogens with one attached hydrogen (secondary N) is 2. The summed E-state index contributed by atoms with van der Waals surface area (Å²) in [5.74, 6) is 0. The zero-order chi connectivity index (χ0) is 12.5. The zero-order valence-electron chi connectivity index (χ0n) is 11.8. The standard InChI is InChI=1S/C14H28N2O/c1-13(2)11(9-12(13)17-4)15-10-14(3)7-5-6-8-16-14/h11-12,15-16H,5-10H2,1-4H3. The Hall–Kier alpha value is -0.120. The Labute approximate surface area is 106 Å². The monoisotopic (exact) mass is 240 g/mol. The minimum atomic E-state index is 0.278. The molecule has 3 heteroatoms. The van der Waals surface area contributed by atoms with E-state index in [1.54, 1.807) is 0 Å². The number of ether oxygens (including phenoxy) is 1. The van der Waals surface area contributed by atoms with Crippen LogP contribution in [0.15, 0.2) is 0 Å². The van der Waals surface area contributed by atoms with Crippen molar-refractivity contribution in [2.75, 3.05) is 20.2 Å². The highest BCUT2D eigenvalue weighted by molar-refractivity contribution is 5.04. The van der Waals surface area contributed by atoms with E-state index in [2.05, 4.69) is 31.4 Å². The predicted octanol–water partition coefficient (Wildman–Crippen LogP) is 1.92. The third-order valence-corrected chi connectivity index (χ3v) is 4.91. The largest absolute Gasteiger partial charge is 0.381 e. The Morgan fingerprint density at radius 2 is 2.06 bits per heavy atom. The molecule has 3 unspecified atom stereocenters. The average Bonchev–Trinajstić information content (AvgIpc) is 2.28. The maximum atomic E-state index is 5.49. The minimum absolute atomic E-state index is 0.278. The molecule has 1 heterocycles. The lowest BCUT2D eigenvalue weighted by atomic mass is 9.64. The fourth-order valence-electron chi connectivity index (χ4n) is 3.25. The van der Waals surface area contributed by atoms with Gasteiger partial charge in [-0.15, -0.1) is 0 Å². The van der Waals surface area contributed by atoms with E-state index < -0.39 is 0 Å². The lowest BCUT2D eigenvalue weighted by molar-refractivity contribution is -0.0987. The van der Waals surface area contributed by atoms with Crippen LogP contribution in [0.4, 0.5) is 0 Å². The van der Waals surface area contributed by atoms with Crippen LogP contribution in [-0.2, 0) is 4.74 Å². The van der Waals surface area contributed by atoms with Crippen molar-refractivity contribution in [3.8, 4) is 0 Å². The Morgan fingerprint density at radius 1 is 1.29 bits per heavy atom. The molecule has 0 bridgehead atoms. The SMILES string of the molecule is COC1CC(NCC2(C)CCCCN2)C1(C)C. The Balaban J connectivity index is 1.79. The Morgan fingerprint density at radius 3 is 2.59 bits per heavy atom. The van der Waals surface area contributed by atoms with Gasteiger partial charge >= 0.3 is 0 Å². The molecule has 2 fully saturated rings. The van der Waals surface area contributed by atoms with Crippen LogP contribution < -0.4 is 10.6 Å². The summed E-state index contributed by atoms with van der Waals surface area (Å²) in [7, 11) is 1.83. The lowest BCUT2D eigenvalue weighted by Crippen LogP contribution is -2.64. The molecule has 100 valence electrons. The van der Waals surface area contributed by atoms with E-state index in [1.165, 1.54) is 25.8 Å². The van der Waals surface area contributed by atoms with Gasteiger partial charge in [0.15, 0.2) is 0 Å². The topological polar surface area (TPSA) is 33.3 Å². The molecule has 3 nitrogen and oxygen atoms in total. The van der Waals surface area contributed by atoms with Gasteiger partial charge in [0.05, 0.1) is 6.10 Å². The number of piperidine rings is 1. The lowest BCUT2D eigenvalue weighted by Gasteiger charge is -2.52. The molecule has 0 spiro atoms. The van der Waals surface area contributed by atoms with E-state index >= 15 is 0 Å². The highest BCUT2D eigenvalue weighted by atomic mass is 16.5. The fraction of sp³-hybridized carbons (Fsp3) is 1.00. The molecular weight excluding hydrogens is 212 g/mol. The molecule has 3 atom stereocenters. The van der Waals surface area contributed by atoms with Crippen LogP contribution in [0.2, 0.25) is 0 Å². The summed E-state index contributed by atoms with van der Waals surface area (Å²) >= 11 is 0. The number of hydrogen-bond acceptors (Lipinski definition) is 3. The van der Waals surface area contributed by atoms with Gasteiger partial charge in [-0.25, -0.2) is 0 Å². The van der Waals surface area contributed by atoms with E-state index in [9.17, 15) is 0 Å². The third-order valence-electron chi connectivity index (χ3n) is 4.91. The summed E-state index contributed by atoms with van der Waals surface area (Å²) in [5, 5.41) is 7.40. The van der Waals surface area contributed by atoms with Crippen LogP contribution in [0.25, 0.3) is 0 Å². The smallest absolute Gasteiger partial charge is 0.0652 e. The number of methoxy groups -OCH3 is 1. The summed E-state index contributed by atoms with van der Waals surface area (Å²) < 4.78 is 5.49. The first-order valence-electron chi connectivity index (χ1n) is 6.99. The Kier molecular flexibility index (Phi) is 3.81. The average molecular weight is 240 g/mol. The van der Waals surface area contributed by atoms with Crippen molar-refractivity contribution in [2.45, 2.75) is 64.1 Å². The molecule has 1 saturated heterocycles. The first kappa shape index (κ1) is 13.3. The molecule has 0 radical (unpaired) electrons. The molecule has 17 heavy (non-hydrogen) atoms. The predicted molar refractivity (Wildman–Crippen MR) is 71.2 cm³/mol. The van der Waals surface area contributed by atoms with Crippen LogP contribution in [0, 0.1) is 5.41 Å². The number of rotatable bonds is 4. The molecule has 1 aliphatic carbocycles. The molecule has 2 N–H and O–H groups in total. The summed E-state index contributed by atoms with van der Waals surface area (Å²) in [6.45, 7) is 9.21. The molecule has 1 saturated carbocycles. The van der Waals surface area contributed by atoms with E-state index in [0.717, 1.165) is 13.0 Å². The normalized spacial score (nSPS) is 40.9. The number of hydrogen-bond donors (Lipinski definition) is 2. The molecule has 0 aromatic rings. The van der Waals surface area contributed by atoms with Gasteiger partial charge in [0.25, 0.3) is 0 Å². The molecule has 2 rings (SSSR count). The van der Waals surface area contributed by atoms with Gasteiger partial charge in [-0.05, 0) is 32.7 Å². The molecule has 0 aromatic heterocycles. The first-order chi connectivity index (χ1) is 7.98. The van der Waals surface area contributed by atoms with Crippen molar-refractivity contribution in [2.24, 2.45) is 5.41 Å². The van der Waals surface area contributed by atoms with Crippen LogP contribution >= 0.6 is 0 Å². The summed E-state index contributed by atoms with van der Waals surface area (Å²) in [4.78, 5) is 0. The van der Waals surface area contributed by atoms with E-state index in [4.69, 9.17) is 4.74 Å². The molecule has 1 aliphatic heterocycles. The second-order valence-electron chi connectivity index (χ2n) is 6.66. The van der Waals surface area contributed by atoms with Gasteiger partial charge in [-0.1, -0.05) is 20.3 Å². The molecule has 2 aliphatic rings. The highest BCUT2D eigenvalue weighted by Gasteiger charge is 2.48. The maximum absolute atomic E-state index is 5.49. The van der Waals surface area contributed by atoms with Crippen molar-refractivity contribution in [3.05, 3.63) is 0 Å². The Bertz CT molecular complexity index is 259. The zero-order valence-corrected chi connectivity index (χ0v) is 11.8. The first-order valence-corrected chi connectivity index (χ1v) is 6.99. The summed E-state index contributed by atoms with van der Waals surface area (Å²) in [6.07, 6.45) is 5.56.